The predicted molar refractivity (Wildman–Crippen MR) is 82.1 cm³/mol. The maximum atomic E-state index is 11.4. The second-order valence-corrected chi connectivity index (χ2v) is 6.16. The zero-order valence-corrected chi connectivity index (χ0v) is 13.4. The highest BCUT2D eigenvalue weighted by Crippen LogP contribution is 2.19. The molecule has 0 aliphatic heterocycles. The van der Waals surface area contributed by atoms with Gasteiger partial charge < -0.3 is 10.1 Å². The minimum absolute atomic E-state index is 0.402. The summed E-state index contributed by atoms with van der Waals surface area (Å²) in [5.74, 6) is 0. The number of rotatable bonds is 3. The average molecular weight is 326 g/mol. The van der Waals surface area contributed by atoms with Crippen molar-refractivity contribution in [2.45, 2.75) is 33.3 Å². The van der Waals surface area contributed by atoms with Gasteiger partial charge >= 0.3 is 6.09 Å². The maximum absolute atomic E-state index is 11.4. The Kier molecular flexibility index (Phi) is 5.60. The minimum Gasteiger partial charge on any atom is -0.444 e. The van der Waals surface area contributed by atoms with E-state index in [1.165, 1.54) is 5.56 Å². The van der Waals surface area contributed by atoms with E-state index in [-0.39, 0.29) is 0 Å². The molecule has 1 aromatic carbocycles. The molecular weight excluding hydrogens is 306 g/mol. The van der Waals surface area contributed by atoms with Crippen molar-refractivity contribution in [1.29, 1.82) is 0 Å². The van der Waals surface area contributed by atoms with Crippen molar-refractivity contribution in [3.05, 3.63) is 39.9 Å². The van der Waals surface area contributed by atoms with Crippen molar-refractivity contribution in [2.24, 2.45) is 0 Å². The van der Waals surface area contributed by atoms with Crippen LogP contribution < -0.4 is 5.32 Å². The first-order valence-electron chi connectivity index (χ1n) is 6.17. The van der Waals surface area contributed by atoms with E-state index in [2.05, 4.69) is 27.3 Å². The summed E-state index contributed by atoms with van der Waals surface area (Å²) in [6.45, 7) is 8.00. The highest BCUT2D eigenvalue weighted by molar-refractivity contribution is 9.10. The van der Waals surface area contributed by atoms with Gasteiger partial charge in [-0.05, 0) is 39.3 Å². The second kappa shape index (κ2) is 6.75. The fraction of sp³-hybridized carbons (Fsp3) is 0.400. The van der Waals surface area contributed by atoms with Gasteiger partial charge in [0.2, 0.25) is 0 Å². The molecule has 1 rings (SSSR count). The van der Waals surface area contributed by atoms with Crippen LogP contribution in [-0.4, -0.2) is 18.2 Å². The van der Waals surface area contributed by atoms with E-state index >= 15 is 0 Å². The van der Waals surface area contributed by atoms with Gasteiger partial charge in [-0.25, -0.2) is 4.79 Å². The fourth-order valence-corrected chi connectivity index (χ4v) is 1.81. The summed E-state index contributed by atoms with van der Waals surface area (Å²) in [5.41, 5.74) is 1.82. The summed E-state index contributed by atoms with van der Waals surface area (Å²) < 4.78 is 6.17. The molecule has 0 unspecified atom stereocenters. The summed E-state index contributed by atoms with van der Waals surface area (Å²) in [5, 5.41) is 2.68. The van der Waals surface area contributed by atoms with Crippen LogP contribution in [-0.2, 0) is 4.74 Å². The molecule has 0 radical (unpaired) electrons. The molecule has 0 fully saturated rings. The first kappa shape index (κ1) is 15.8. The molecule has 0 bridgehead atoms. The molecule has 0 saturated heterocycles. The summed E-state index contributed by atoms with van der Waals surface area (Å²) in [4.78, 5) is 11.4. The molecule has 0 heterocycles. The number of nitrogens with one attached hydrogen (secondary N) is 1. The normalized spacial score (nSPS) is 11.6. The third kappa shape index (κ3) is 6.43. The Morgan fingerprint density at radius 2 is 2.11 bits per heavy atom. The lowest BCUT2D eigenvalue weighted by Crippen LogP contribution is -2.32. The molecule has 1 N–H and O–H groups in total. The van der Waals surface area contributed by atoms with Crippen LogP contribution in [0, 0.1) is 6.92 Å². The number of aryl methyl sites for hydroxylation is 1. The van der Waals surface area contributed by atoms with Gasteiger partial charge in [0.25, 0.3) is 0 Å². The van der Waals surface area contributed by atoms with E-state index in [0.717, 1.165) is 10.0 Å². The monoisotopic (exact) mass is 325 g/mol. The number of hydrogen-bond acceptors (Lipinski definition) is 2. The van der Waals surface area contributed by atoms with Crippen molar-refractivity contribution in [1.82, 2.24) is 5.32 Å². The lowest BCUT2D eigenvalue weighted by molar-refractivity contribution is 0.0534. The Labute approximate surface area is 123 Å². The molecule has 0 aliphatic rings. The molecule has 4 heteroatoms. The summed E-state index contributed by atoms with van der Waals surface area (Å²) in [6, 6.07) is 6.13. The molecule has 104 valence electrons. The minimum atomic E-state index is -0.465. The Morgan fingerprint density at radius 1 is 1.42 bits per heavy atom. The lowest BCUT2D eigenvalue weighted by atomic mass is 10.1. The van der Waals surface area contributed by atoms with Crippen molar-refractivity contribution in [3.63, 3.8) is 0 Å². The first-order chi connectivity index (χ1) is 8.78. The van der Waals surface area contributed by atoms with Crippen molar-refractivity contribution >= 4 is 28.1 Å². The average Bonchev–Trinajstić information content (AvgIpc) is 2.26. The standard InChI is InChI=1S/C15H20BrNO2/c1-11-7-8-13(16)12(10-11)6-5-9-17-14(18)19-15(2,3)4/h5-8,10H,9H2,1-4H3,(H,17,18). The highest BCUT2D eigenvalue weighted by atomic mass is 79.9. The second-order valence-electron chi connectivity index (χ2n) is 5.31. The van der Waals surface area contributed by atoms with Gasteiger partial charge in [-0.2, -0.15) is 0 Å². The Hall–Kier alpha value is -1.29. The van der Waals surface area contributed by atoms with Gasteiger partial charge in [0.15, 0.2) is 0 Å². The fourth-order valence-electron chi connectivity index (χ4n) is 1.43. The van der Waals surface area contributed by atoms with Crippen molar-refractivity contribution in [2.75, 3.05) is 6.54 Å². The molecule has 0 aromatic heterocycles. The van der Waals surface area contributed by atoms with Crippen LogP contribution in [0.15, 0.2) is 28.7 Å². The summed E-state index contributed by atoms with van der Waals surface area (Å²) in [6.07, 6.45) is 3.46. The third-order valence-electron chi connectivity index (χ3n) is 2.21. The maximum Gasteiger partial charge on any atom is 0.407 e. The number of amides is 1. The number of carbonyl (C=O) groups excluding carboxylic acids is 1. The van der Waals surface area contributed by atoms with E-state index < -0.39 is 11.7 Å². The van der Waals surface area contributed by atoms with Gasteiger partial charge in [-0.1, -0.05) is 45.8 Å². The summed E-state index contributed by atoms with van der Waals surface area (Å²) >= 11 is 3.49. The van der Waals surface area contributed by atoms with E-state index in [9.17, 15) is 4.79 Å². The van der Waals surface area contributed by atoms with Gasteiger partial charge in [0, 0.05) is 11.0 Å². The molecule has 1 amide bonds. The van der Waals surface area contributed by atoms with Crippen LogP contribution in [0.2, 0.25) is 0 Å². The Balaban J connectivity index is 2.47. The number of halogens is 1. The smallest absolute Gasteiger partial charge is 0.407 e. The van der Waals surface area contributed by atoms with E-state index in [1.807, 2.05) is 52.0 Å². The van der Waals surface area contributed by atoms with Gasteiger partial charge in [-0.15, -0.1) is 0 Å². The molecule has 1 aromatic rings. The van der Waals surface area contributed by atoms with Crippen LogP contribution in [0.1, 0.15) is 31.9 Å². The molecule has 0 saturated carbocycles. The largest absolute Gasteiger partial charge is 0.444 e. The topological polar surface area (TPSA) is 38.3 Å². The van der Waals surface area contributed by atoms with Gasteiger partial charge in [0.1, 0.15) is 5.60 Å². The molecule has 0 aliphatic carbocycles. The molecule has 0 spiro atoms. The molecule has 19 heavy (non-hydrogen) atoms. The Bertz CT molecular complexity index is 476. The van der Waals surface area contributed by atoms with E-state index in [4.69, 9.17) is 4.74 Å². The third-order valence-corrected chi connectivity index (χ3v) is 2.93. The van der Waals surface area contributed by atoms with Crippen molar-refractivity contribution in [3.8, 4) is 0 Å². The van der Waals surface area contributed by atoms with Crippen LogP contribution in [0.5, 0.6) is 0 Å². The van der Waals surface area contributed by atoms with Crippen LogP contribution >= 0.6 is 15.9 Å². The quantitative estimate of drug-likeness (QED) is 0.899. The molecular formula is C15H20BrNO2. The van der Waals surface area contributed by atoms with E-state index in [1.54, 1.807) is 0 Å². The SMILES string of the molecule is Cc1ccc(Br)c(C=CCNC(=O)OC(C)(C)C)c1. The van der Waals surface area contributed by atoms with Gasteiger partial charge in [-0.3, -0.25) is 0 Å². The van der Waals surface area contributed by atoms with Crippen molar-refractivity contribution < 1.29 is 9.53 Å². The van der Waals surface area contributed by atoms with Crippen LogP contribution in [0.3, 0.4) is 0 Å². The number of ether oxygens (including phenoxy) is 1. The number of carbonyl (C=O) groups is 1. The number of hydrogen-bond donors (Lipinski definition) is 1. The lowest BCUT2D eigenvalue weighted by Gasteiger charge is -2.19. The Morgan fingerprint density at radius 3 is 2.74 bits per heavy atom. The number of alkyl carbamates (subject to hydrolysis) is 1. The number of benzene rings is 1. The zero-order valence-electron chi connectivity index (χ0n) is 11.8. The molecule has 0 atom stereocenters. The summed E-state index contributed by atoms with van der Waals surface area (Å²) in [7, 11) is 0. The first-order valence-corrected chi connectivity index (χ1v) is 6.97. The highest BCUT2D eigenvalue weighted by Gasteiger charge is 2.14. The van der Waals surface area contributed by atoms with E-state index in [0.29, 0.717) is 6.54 Å². The van der Waals surface area contributed by atoms with Crippen LogP contribution in [0.4, 0.5) is 4.79 Å². The molecule has 3 nitrogen and oxygen atoms in total. The zero-order chi connectivity index (χ0) is 14.5. The predicted octanol–water partition coefficient (Wildman–Crippen LogP) is 4.30. The van der Waals surface area contributed by atoms with Gasteiger partial charge in [0.05, 0.1) is 0 Å². The van der Waals surface area contributed by atoms with Crippen LogP contribution in [0.25, 0.3) is 6.08 Å².